The van der Waals surface area contributed by atoms with E-state index in [1.807, 2.05) is 12.1 Å². The summed E-state index contributed by atoms with van der Waals surface area (Å²) in [7, 11) is -3.70. The van der Waals surface area contributed by atoms with E-state index in [0.29, 0.717) is 11.8 Å². The Bertz CT molecular complexity index is 688. The van der Waals surface area contributed by atoms with Gasteiger partial charge in [0.2, 0.25) is 0 Å². The summed E-state index contributed by atoms with van der Waals surface area (Å²) in [5.41, 5.74) is 1.23. The smallest absolute Gasteiger partial charge is 0.262 e. The van der Waals surface area contributed by atoms with Crippen LogP contribution in [-0.4, -0.2) is 14.5 Å². The Labute approximate surface area is 140 Å². The molecule has 2 bridgehead atoms. The molecule has 1 aromatic rings. The highest BCUT2D eigenvalue weighted by atomic mass is 32.2. The first kappa shape index (κ1) is 17.0. The zero-order valence-electron chi connectivity index (χ0n) is 14.8. The molecule has 0 N–H and O–H groups in total. The third-order valence-corrected chi connectivity index (χ3v) is 8.13. The molecular formula is C19H28O3S. The predicted molar refractivity (Wildman–Crippen MR) is 91.8 cm³/mol. The van der Waals surface area contributed by atoms with Gasteiger partial charge in [0.1, 0.15) is 0 Å². The molecule has 2 fully saturated rings. The molecule has 0 aromatic heterocycles. The maximum atomic E-state index is 12.7. The average Bonchev–Trinajstić information content (AvgIpc) is 2.80. The number of rotatable bonds is 4. The van der Waals surface area contributed by atoms with Crippen LogP contribution in [0.5, 0.6) is 0 Å². The van der Waals surface area contributed by atoms with E-state index in [9.17, 15) is 8.42 Å². The van der Waals surface area contributed by atoms with E-state index in [4.69, 9.17) is 4.18 Å². The topological polar surface area (TPSA) is 43.4 Å². The highest BCUT2D eigenvalue weighted by molar-refractivity contribution is 7.86. The molecule has 23 heavy (non-hydrogen) atoms. The fraction of sp³-hybridized carbons (Fsp3) is 0.684. The van der Waals surface area contributed by atoms with Crippen molar-refractivity contribution in [2.45, 2.75) is 70.8 Å². The van der Waals surface area contributed by atoms with Crippen LogP contribution in [0.3, 0.4) is 0 Å². The monoisotopic (exact) mass is 336 g/mol. The Morgan fingerprint density at radius 3 is 2.17 bits per heavy atom. The Morgan fingerprint density at radius 1 is 1.13 bits per heavy atom. The van der Waals surface area contributed by atoms with Gasteiger partial charge in [0, 0.05) is 5.41 Å². The van der Waals surface area contributed by atoms with E-state index in [-0.39, 0.29) is 21.8 Å². The Morgan fingerprint density at radius 2 is 1.74 bits per heavy atom. The predicted octanol–water partition coefficient (Wildman–Crippen LogP) is 4.73. The van der Waals surface area contributed by atoms with E-state index in [1.54, 1.807) is 12.1 Å². The molecule has 0 spiro atoms. The standard InChI is InChI=1S/C19H28O3S/c1-13(2)14-6-8-16(9-7-14)23(20,21)22-17-12-15-10-11-19(17,5)18(15,3)4/h6-9,13,15,17H,10-12H2,1-5H3. The molecule has 3 rings (SSSR count). The van der Waals surface area contributed by atoms with E-state index in [2.05, 4.69) is 34.6 Å². The molecule has 0 radical (unpaired) electrons. The minimum atomic E-state index is -3.70. The molecule has 128 valence electrons. The molecule has 3 unspecified atom stereocenters. The lowest BCUT2D eigenvalue weighted by molar-refractivity contribution is 0.0345. The third kappa shape index (κ3) is 2.54. The first-order chi connectivity index (χ1) is 10.6. The van der Waals surface area contributed by atoms with Crippen molar-refractivity contribution < 1.29 is 12.6 Å². The quantitative estimate of drug-likeness (QED) is 0.747. The van der Waals surface area contributed by atoms with Crippen molar-refractivity contribution in [2.75, 3.05) is 0 Å². The van der Waals surface area contributed by atoms with E-state index in [1.165, 1.54) is 6.42 Å². The first-order valence-electron chi connectivity index (χ1n) is 8.61. The van der Waals surface area contributed by atoms with Crippen molar-refractivity contribution in [3.05, 3.63) is 29.8 Å². The summed E-state index contributed by atoms with van der Waals surface area (Å²) in [6.45, 7) is 10.9. The summed E-state index contributed by atoms with van der Waals surface area (Å²) >= 11 is 0. The second-order valence-corrected chi connectivity index (χ2v) is 9.95. The van der Waals surface area contributed by atoms with Gasteiger partial charge in [0.05, 0.1) is 11.0 Å². The van der Waals surface area contributed by atoms with Crippen LogP contribution in [0.4, 0.5) is 0 Å². The Balaban J connectivity index is 1.83. The van der Waals surface area contributed by atoms with Gasteiger partial charge in [-0.15, -0.1) is 0 Å². The van der Waals surface area contributed by atoms with Crippen molar-refractivity contribution in [2.24, 2.45) is 16.7 Å². The normalized spacial score (nSPS) is 32.6. The van der Waals surface area contributed by atoms with Crippen LogP contribution in [0.25, 0.3) is 0 Å². The highest BCUT2D eigenvalue weighted by Crippen LogP contribution is 2.66. The van der Waals surface area contributed by atoms with Crippen LogP contribution in [0.2, 0.25) is 0 Å². The third-order valence-electron chi connectivity index (χ3n) is 6.79. The van der Waals surface area contributed by atoms with Crippen molar-refractivity contribution in [3.63, 3.8) is 0 Å². The van der Waals surface area contributed by atoms with Gasteiger partial charge in [-0.1, -0.05) is 46.8 Å². The lowest BCUT2D eigenvalue weighted by atomic mass is 9.70. The number of fused-ring (bicyclic) bond motifs is 2. The molecule has 0 aliphatic heterocycles. The molecule has 2 aliphatic rings. The van der Waals surface area contributed by atoms with Crippen LogP contribution >= 0.6 is 0 Å². The van der Waals surface area contributed by atoms with Crippen LogP contribution in [0.15, 0.2) is 29.2 Å². The maximum absolute atomic E-state index is 12.7. The first-order valence-corrected chi connectivity index (χ1v) is 10.0. The summed E-state index contributed by atoms with van der Waals surface area (Å²) in [6, 6.07) is 7.11. The number of hydrogen-bond acceptors (Lipinski definition) is 3. The van der Waals surface area contributed by atoms with E-state index < -0.39 is 10.1 Å². The minimum Gasteiger partial charge on any atom is -0.262 e. The molecule has 2 aliphatic carbocycles. The summed E-state index contributed by atoms with van der Waals surface area (Å²) < 4.78 is 31.1. The van der Waals surface area contributed by atoms with Gasteiger partial charge >= 0.3 is 0 Å². The lowest BCUT2D eigenvalue weighted by Crippen LogP contribution is -2.38. The maximum Gasteiger partial charge on any atom is 0.297 e. The molecule has 0 heterocycles. The van der Waals surface area contributed by atoms with Crippen LogP contribution in [0, 0.1) is 16.7 Å². The van der Waals surface area contributed by atoms with Gasteiger partial charge in [-0.25, -0.2) is 0 Å². The minimum absolute atomic E-state index is 0.0530. The highest BCUT2D eigenvalue weighted by Gasteiger charge is 2.62. The number of hydrogen-bond donors (Lipinski definition) is 0. The summed E-state index contributed by atoms with van der Waals surface area (Å²) in [4.78, 5) is 0.270. The Hall–Kier alpha value is -0.870. The summed E-state index contributed by atoms with van der Waals surface area (Å²) in [5.74, 6) is 0.953. The van der Waals surface area contributed by atoms with Crippen molar-refractivity contribution in [3.8, 4) is 0 Å². The van der Waals surface area contributed by atoms with Gasteiger partial charge in [0.25, 0.3) is 10.1 Å². The molecular weight excluding hydrogens is 308 g/mol. The van der Waals surface area contributed by atoms with Crippen LogP contribution < -0.4 is 0 Å². The van der Waals surface area contributed by atoms with Gasteiger partial charge < -0.3 is 0 Å². The van der Waals surface area contributed by atoms with Gasteiger partial charge in [-0.05, 0) is 54.2 Å². The Kier molecular flexibility index (Phi) is 3.92. The van der Waals surface area contributed by atoms with Crippen LogP contribution in [-0.2, 0) is 14.3 Å². The largest absolute Gasteiger partial charge is 0.297 e. The SMILES string of the molecule is CC(C)c1ccc(S(=O)(=O)OC2CC3CCC2(C)C3(C)C)cc1. The van der Waals surface area contributed by atoms with Gasteiger partial charge in [-0.2, -0.15) is 8.42 Å². The van der Waals surface area contributed by atoms with Crippen molar-refractivity contribution in [1.82, 2.24) is 0 Å². The van der Waals surface area contributed by atoms with Crippen LogP contribution in [0.1, 0.15) is 65.4 Å². The van der Waals surface area contributed by atoms with Crippen molar-refractivity contribution >= 4 is 10.1 Å². The molecule has 0 amide bonds. The zero-order chi connectivity index (χ0) is 17.0. The number of benzene rings is 1. The lowest BCUT2D eigenvalue weighted by Gasteiger charge is -2.38. The fourth-order valence-electron chi connectivity index (χ4n) is 4.50. The van der Waals surface area contributed by atoms with E-state index in [0.717, 1.165) is 18.4 Å². The van der Waals surface area contributed by atoms with Gasteiger partial charge in [-0.3, -0.25) is 4.18 Å². The zero-order valence-corrected chi connectivity index (χ0v) is 15.6. The van der Waals surface area contributed by atoms with Crippen molar-refractivity contribution in [1.29, 1.82) is 0 Å². The van der Waals surface area contributed by atoms with Gasteiger partial charge in [0.15, 0.2) is 0 Å². The fourth-order valence-corrected chi connectivity index (χ4v) is 5.68. The van der Waals surface area contributed by atoms with E-state index >= 15 is 0 Å². The summed E-state index contributed by atoms with van der Waals surface area (Å²) in [6.07, 6.45) is 2.89. The second kappa shape index (κ2) is 5.32. The molecule has 0 saturated heterocycles. The molecule has 1 aromatic carbocycles. The average molecular weight is 336 g/mol. The molecule has 3 nitrogen and oxygen atoms in total. The molecule has 4 heteroatoms. The second-order valence-electron chi connectivity index (χ2n) is 8.37. The molecule has 2 saturated carbocycles. The summed E-state index contributed by atoms with van der Waals surface area (Å²) in [5, 5.41) is 0. The molecule has 3 atom stereocenters.